The van der Waals surface area contributed by atoms with Crippen LogP contribution < -0.4 is 0 Å². The fraction of sp³-hybridized carbons (Fsp3) is 0.455. The summed E-state index contributed by atoms with van der Waals surface area (Å²) in [5, 5.41) is 9.89. The van der Waals surface area contributed by atoms with Gasteiger partial charge in [-0.2, -0.15) is 0 Å². The summed E-state index contributed by atoms with van der Waals surface area (Å²) >= 11 is 0. The van der Waals surface area contributed by atoms with E-state index in [2.05, 4.69) is 0 Å². The SMILES string of the molecule is CO[C@]1(O)C[C@]1(C)c1ccccc1. The lowest BCUT2D eigenvalue weighted by molar-refractivity contribution is -0.117. The fourth-order valence-corrected chi connectivity index (χ4v) is 1.87. The van der Waals surface area contributed by atoms with Gasteiger partial charge in [-0.05, 0) is 5.56 Å². The maximum atomic E-state index is 9.89. The molecule has 2 rings (SSSR count). The molecule has 0 radical (unpaired) electrons. The normalized spacial score (nSPS) is 37.5. The Kier molecular flexibility index (Phi) is 1.72. The van der Waals surface area contributed by atoms with Crippen LogP contribution in [-0.2, 0) is 10.2 Å². The third-order valence-electron chi connectivity index (χ3n) is 3.08. The Labute approximate surface area is 78.2 Å². The summed E-state index contributed by atoms with van der Waals surface area (Å²) in [7, 11) is 1.55. The molecule has 0 unspecified atom stereocenters. The van der Waals surface area contributed by atoms with Gasteiger partial charge < -0.3 is 9.84 Å². The first kappa shape index (κ1) is 8.73. The van der Waals surface area contributed by atoms with E-state index in [1.165, 1.54) is 0 Å². The van der Waals surface area contributed by atoms with Gasteiger partial charge in [-0.3, -0.25) is 0 Å². The number of benzene rings is 1. The molecule has 0 aliphatic heterocycles. The summed E-state index contributed by atoms with van der Waals surface area (Å²) in [6.07, 6.45) is 0.681. The Morgan fingerprint density at radius 1 is 1.31 bits per heavy atom. The first-order valence-corrected chi connectivity index (χ1v) is 4.45. The van der Waals surface area contributed by atoms with Crippen molar-refractivity contribution < 1.29 is 9.84 Å². The summed E-state index contributed by atoms with van der Waals surface area (Å²) in [5.74, 6) is -0.950. The zero-order chi connectivity index (χ0) is 9.53. The highest BCUT2D eigenvalue weighted by molar-refractivity contribution is 5.36. The molecule has 2 heteroatoms. The van der Waals surface area contributed by atoms with Gasteiger partial charge in [0.25, 0.3) is 0 Å². The van der Waals surface area contributed by atoms with Crippen LogP contribution in [-0.4, -0.2) is 18.0 Å². The first-order chi connectivity index (χ1) is 6.12. The van der Waals surface area contributed by atoms with Crippen molar-refractivity contribution in [3.8, 4) is 0 Å². The smallest absolute Gasteiger partial charge is 0.175 e. The molecule has 0 aromatic heterocycles. The van der Waals surface area contributed by atoms with E-state index in [0.29, 0.717) is 6.42 Å². The molecule has 1 saturated carbocycles. The molecule has 0 heterocycles. The van der Waals surface area contributed by atoms with Crippen molar-refractivity contribution in [2.75, 3.05) is 7.11 Å². The highest BCUT2D eigenvalue weighted by atomic mass is 16.6. The van der Waals surface area contributed by atoms with Crippen LogP contribution >= 0.6 is 0 Å². The van der Waals surface area contributed by atoms with E-state index in [4.69, 9.17) is 4.74 Å². The molecule has 1 aromatic carbocycles. The molecular weight excluding hydrogens is 164 g/mol. The minimum atomic E-state index is -0.950. The molecule has 70 valence electrons. The minimum absolute atomic E-state index is 0.219. The molecule has 2 nitrogen and oxygen atoms in total. The van der Waals surface area contributed by atoms with Crippen LogP contribution in [0.5, 0.6) is 0 Å². The van der Waals surface area contributed by atoms with E-state index in [9.17, 15) is 5.11 Å². The van der Waals surface area contributed by atoms with Crippen molar-refractivity contribution in [3.63, 3.8) is 0 Å². The van der Waals surface area contributed by atoms with Crippen LogP contribution in [0.4, 0.5) is 0 Å². The second-order valence-corrected chi connectivity index (χ2v) is 3.86. The van der Waals surface area contributed by atoms with E-state index in [-0.39, 0.29) is 5.41 Å². The average molecular weight is 178 g/mol. The molecule has 2 atom stereocenters. The van der Waals surface area contributed by atoms with Crippen molar-refractivity contribution in [2.45, 2.75) is 24.5 Å². The van der Waals surface area contributed by atoms with Gasteiger partial charge in [0, 0.05) is 13.5 Å². The van der Waals surface area contributed by atoms with Gasteiger partial charge in [0.05, 0.1) is 5.41 Å². The van der Waals surface area contributed by atoms with E-state index >= 15 is 0 Å². The van der Waals surface area contributed by atoms with Crippen LogP contribution in [0, 0.1) is 0 Å². The van der Waals surface area contributed by atoms with E-state index in [0.717, 1.165) is 5.56 Å². The zero-order valence-electron chi connectivity index (χ0n) is 7.95. The third-order valence-corrected chi connectivity index (χ3v) is 3.08. The summed E-state index contributed by atoms with van der Waals surface area (Å²) in [6, 6.07) is 9.99. The molecule has 1 aliphatic rings. The molecule has 1 N–H and O–H groups in total. The number of ether oxygens (including phenoxy) is 1. The van der Waals surface area contributed by atoms with Crippen molar-refractivity contribution in [1.29, 1.82) is 0 Å². The number of rotatable bonds is 2. The Balaban J connectivity index is 2.30. The van der Waals surface area contributed by atoms with Gasteiger partial charge in [0.1, 0.15) is 0 Å². The average Bonchev–Trinajstić information content (AvgIpc) is 2.74. The van der Waals surface area contributed by atoms with Gasteiger partial charge in [-0.15, -0.1) is 0 Å². The highest BCUT2D eigenvalue weighted by Crippen LogP contribution is 2.57. The topological polar surface area (TPSA) is 29.5 Å². The van der Waals surface area contributed by atoms with Crippen LogP contribution in [0.25, 0.3) is 0 Å². The van der Waals surface area contributed by atoms with Gasteiger partial charge >= 0.3 is 0 Å². The van der Waals surface area contributed by atoms with Crippen LogP contribution in [0.2, 0.25) is 0 Å². The Hall–Kier alpha value is -0.860. The summed E-state index contributed by atoms with van der Waals surface area (Å²) in [6.45, 7) is 2.02. The molecule has 0 saturated heterocycles. The van der Waals surface area contributed by atoms with Crippen molar-refractivity contribution in [1.82, 2.24) is 0 Å². The second-order valence-electron chi connectivity index (χ2n) is 3.86. The zero-order valence-corrected chi connectivity index (χ0v) is 7.95. The van der Waals surface area contributed by atoms with Crippen molar-refractivity contribution in [3.05, 3.63) is 35.9 Å². The Bertz CT molecular complexity index is 309. The quantitative estimate of drug-likeness (QED) is 0.698. The van der Waals surface area contributed by atoms with Gasteiger partial charge in [0.2, 0.25) is 0 Å². The summed E-state index contributed by atoms with van der Waals surface area (Å²) in [5.41, 5.74) is 0.919. The maximum absolute atomic E-state index is 9.89. The Morgan fingerprint density at radius 2 is 1.92 bits per heavy atom. The molecule has 1 aliphatic carbocycles. The molecule has 0 bridgehead atoms. The number of hydrogen-bond acceptors (Lipinski definition) is 2. The fourth-order valence-electron chi connectivity index (χ4n) is 1.87. The lowest BCUT2D eigenvalue weighted by Gasteiger charge is -2.16. The van der Waals surface area contributed by atoms with Crippen LogP contribution in [0.3, 0.4) is 0 Å². The summed E-state index contributed by atoms with van der Waals surface area (Å²) < 4.78 is 5.07. The lowest BCUT2D eigenvalue weighted by atomic mass is 9.97. The lowest BCUT2D eigenvalue weighted by Crippen LogP contribution is -2.22. The molecule has 1 fully saturated rings. The minimum Gasteiger partial charge on any atom is -0.365 e. The number of hydrogen-bond donors (Lipinski definition) is 1. The molecule has 0 spiro atoms. The molecule has 0 amide bonds. The van der Waals surface area contributed by atoms with Crippen molar-refractivity contribution >= 4 is 0 Å². The predicted octanol–water partition coefficient (Wildman–Crippen LogP) is 1.68. The maximum Gasteiger partial charge on any atom is 0.175 e. The molecule has 1 aromatic rings. The molecular formula is C11H14O2. The van der Waals surface area contributed by atoms with E-state index < -0.39 is 5.79 Å². The van der Waals surface area contributed by atoms with Gasteiger partial charge in [-0.1, -0.05) is 37.3 Å². The number of methoxy groups -OCH3 is 1. The largest absolute Gasteiger partial charge is 0.365 e. The third kappa shape index (κ3) is 1.10. The molecule has 13 heavy (non-hydrogen) atoms. The first-order valence-electron chi connectivity index (χ1n) is 4.45. The van der Waals surface area contributed by atoms with E-state index in [1.807, 2.05) is 37.3 Å². The van der Waals surface area contributed by atoms with Gasteiger partial charge in [-0.25, -0.2) is 0 Å². The highest BCUT2D eigenvalue weighted by Gasteiger charge is 2.65. The van der Waals surface area contributed by atoms with Crippen molar-refractivity contribution in [2.24, 2.45) is 0 Å². The van der Waals surface area contributed by atoms with Gasteiger partial charge in [0.15, 0.2) is 5.79 Å². The van der Waals surface area contributed by atoms with Crippen LogP contribution in [0.15, 0.2) is 30.3 Å². The standard InChI is InChI=1S/C11H14O2/c1-10(8-11(10,12)13-2)9-6-4-3-5-7-9/h3-7,12H,8H2,1-2H3/t10-,11-/m1/s1. The van der Waals surface area contributed by atoms with E-state index in [1.54, 1.807) is 7.11 Å². The number of aliphatic hydroxyl groups is 1. The Morgan fingerprint density at radius 3 is 2.38 bits per heavy atom. The summed E-state index contributed by atoms with van der Waals surface area (Å²) in [4.78, 5) is 0. The predicted molar refractivity (Wildman–Crippen MR) is 50.4 cm³/mol. The monoisotopic (exact) mass is 178 g/mol. The van der Waals surface area contributed by atoms with Crippen LogP contribution in [0.1, 0.15) is 18.9 Å². The second kappa shape index (κ2) is 2.56.